The SMILES string of the molecule is C.C.CC(=O)OCC1O[C@@H](O[C@@H]2C(C)[C@H](SCC#N)OC(CO)[C@H]2O)C(C)C(C)[C@H]1OC(C)=O.CC(=O)OCC1O[C@@H](O[C@@H]2C(C)[C@H](SCC#N)OC3CO[Si](C(C)(C)C)(C(C)(C)C)O[C@H]32)C(C)C(C)[C@H]1OC(C)=O.CC(=O)OCC1O[C@H](Br)C(C)[C@@H](C)[C@H]1OC(C)=O.CC1[C@@H](O)[C@@H]2O[Si](C(C)(C)C)(C(C)(C)C)OCC2O[C@H]1SCC#N.CCC1O[C@@H](SCC#N)C(C)[C@@H](O[C@@H]2OC(COC(C)=O)[C@H](OC(C)=O)C(C)C2C)[C@@H]1O. The zero-order valence-corrected chi connectivity index (χ0v) is 98.7. The fourth-order valence-electron chi connectivity index (χ4n) is 20.6. The maximum atomic E-state index is 11.9. The molecule has 0 aromatic rings. The summed E-state index contributed by atoms with van der Waals surface area (Å²) in [6.45, 7) is 62.2. The zero-order chi connectivity index (χ0) is 111. The third kappa shape index (κ3) is 36.1. The second kappa shape index (κ2) is 60.9. The quantitative estimate of drug-likeness (QED) is 0.0245. The number of rotatable bonds is 28. The van der Waals surface area contributed by atoms with Crippen LogP contribution in [0.4, 0.5) is 0 Å². The van der Waals surface area contributed by atoms with Gasteiger partial charge < -0.3 is 128 Å². The lowest BCUT2D eigenvalue weighted by Crippen LogP contribution is -2.70. The Morgan fingerprint density at radius 3 is 0.886 bits per heavy atom. The number of fused-ring (bicyclic) bond motifs is 2. The highest BCUT2D eigenvalue weighted by atomic mass is 79.9. The van der Waals surface area contributed by atoms with Gasteiger partial charge in [0.15, 0.2) is 18.9 Å². The molecule has 0 saturated carbocycles. The molecule has 10 fully saturated rings. The van der Waals surface area contributed by atoms with Gasteiger partial charge in [-0.2, -0.15) is 21.0 Å². The Morgan fingerprint density at radius 1 is 0.336 bits per heavy atom. The van der Waals surface area contributed by atoms with Gasteiger partial charge in [-0.3, -0.25) is 38.4 Å². The molecule has 10 aliphatic heterocycles. The number of halogens is 1. The van der Waals surface area contributed by atoms with Crippen LogP contribution in [0.2, 0.25) is 20.2 Å². The monoisotopic (exact) mass is 2290 g/mol. The number of carbonyl (C=O) groups is 8. The first-order chi connectivity index (χ1) is 68.4. The third-order valence-electron chi connectivity index (χ3n) is 28.8. The summed E-state index contributed by atoms with van der Waals surface area (Å²) in [5.74, 6) is -3.81. The number of carbonyl (C=O) groups excluding carboxylic acids is 8. The van der Waals surface area contributed by atoms with Crippen LogP contribution in [0.1, 0.15) is 250 Å². The Bertz CT molecular complexity index is 4240. The van der Waals surface area contributed by atoms with E-state index in [1.807, 2.05) is 89.2 Å². The fraction of sp³-hybridized carbons (Fsp3) is 0.883. The van der Waals surface area contributed by atoms with Crippen molar-refractivity contribution in [1.29, 1.82) is 21.0 Å². The highest BCUT2D eigenvalue weighted by Crippen LogP contribution is 2.59. The van der Waals surface area contributed by atoms with Gasteiger partial charge in [0.25, 0.3) is 0 Å². The van der Waals surface area contributed by atoms with Crippen LogP contribution in [-0.2, 0) is 146 Å². The second-order valence-corrected chi connectivity index (χ2v) is 58.7. The average Bonchev–Trinajstić information content (AvgIpc) is 0.608. The van der Waals surface area contributed by atoms with Crippen LogP contribution in [-0.4, -0.2) is 322 Å². The Kier molecular flexibility index (Phi) is 55.8. The van der Waals surface area contributed by atoms with Gasteiger partial charge in [0.2, 0.25) is 0 Å². The van der Waals surface area contributed by atoms with Gasteiger partial charge in [-0.25, -0.2) is 0 Å². The summed E-state index contributed by atoms with van der Waals surface area (Å²) in [4.78, 5) is 91.4. The van der Waals surface area contributed by atoms with E-state index in [0.717, 1.165) is 0 Å². The molecule has 10 saturated heterocycles. The molecule has 0 aliphatic carbocycles. The van der Waals surface area contributed by atoms with E-state index >= 15 is 0 Å². The molecule has 149 heavy (non-hydrogen) atoms. The smallest absolute Gasteiger partial charge is 0.349 e. The molecule has 0 amide bonds. The van der Waals surface area contributed by atoms with E-state index in [0.29, 0.717) is 25.4 Å². The predicted molar refractivity (Wildman–Crippen MR) is 565 cm³/mol. The summed E-state index contributed by atoms with van der Waals surface area (Å²) in [7, 11) is -5.46. The van der Waals surface area contributed by atoms with Crippen LogP contribution in [0.15, 0.2) is 0 Å². The zero-order valence-electron chi connectivity index (χ0n) is 91.8. The lowest BCUT2D eigenvalue weighted by atomic mass is 9.84. The van der Waals surface area contributed by atoms with Crippen molar-refractivity contribution in [1.82, 2.24) is 0 Å². The second-order valence-electron chi connectivity index (χ2n) is 43.9. The number of hydrogen-bond acceptors (Lipinski definition) is 43. The van der Waals surface area contributed by atoms with Gasteiger partial charge in [-0.1, -0.05) is 204 Å². The third-order valence-corrected chi connectivity index (χ3v) is 44.8. The summed E-state index contributed by atoms with van der Waals surface area (Å²) in [5.41, 5.74) is -1.25. The van der Waals surface area contributed by atoms with E-state index in [4.69, 9.17) is 123 Å². The van der Waals surface area contributed by atoms with Crippen LogP contribution in [0.25, 0.3) is 0 Å². The highest BCUT2D eigenvalue weighted by molar-refractivity contribution is 9.09. The largest absolute Gasteiger partial charge is 0.463 e. The molecule has 856 valence electrons. The number of aliphatic hydroxyl groups excluding tert-OH is 4. The minimum absolute atomic E-state index is 0. The van der Waals surface area contributed by atoms with Crippen molar-refractivity contribution >= 4 is 128 Å². The minimum atomic E-state index is -2.85. The molecular weight excluding hydrogens is 2120 g/mol. The Hall–Kier alpha value is -4.73. The van der Waals surface area contributed by atoms with Gasteiger partial charge in [0.1, 0.15) is 145 Å². The van der Waals surface area contributed by atoms with Gasteiger partial charge in [0.05, 0.1) is 97.6 Å². The van der Waals surface area contributed by atoms with Crippen LogP contribution in [0.3, 0.4) is 0 Å². The molecule has 19 unspecified atom stereocenters. The molecule has 10 aliphatic rings. The lowest BCUT2D eigenvalue weighted by molar-refractivity contribution is -0.316. The molecule has 0 aromatic heterocycles. The highest BCUT2D eigenvalue weighted by Gasteiger charge is 2.67. The Morgan fingerprint density at radius 2 is 0.597 bits per heavy atom. The first-order valence-corrected chi connectivity index (χ1v) is 59.4. The van der Waals surface area contributed by atoms with Crippen LogP contribution < -0.4 is 0 Å². The molecule has 10 heterocycles. The molecule has 0 bridgehead atoms. The maximum Gasteiger partial charge on any atom is 0.349 e. The van der Waals surface area contributed by atoms with E-state index in [9.17, 15) is 64.0 Å². The van der Waals surface area contributed by atoms with Gasteiger partial charge in [-0.15, -0.1) is 47.0 Å². The van der Waals surface area contributed by atoms with Crippen molar-refractivity contribution in [3.8, 4) is 24.3 Å². The molecule has 40 atom stereocenters. The number of aliphatic hydroxyl groups is 4. The van der Waals surface area contributed by atoms with Crippen molar-refractivity contribution in [2.75, 3.05) is 69.3 Å². The van der Waals surface area contributed by atoms with Crippen LogP contribution >= 0.6 is 63.0 Å². The fourth-order valence-corrected chi connectivity index (χ4v) is 34.9. The molecule has 0 radical (unpaired) electrons. The molecule has 4 N–H and O–H groups in total. The van der Waals surface area contributed by atoms with Crippen molar-refractivity contribution in [3.63, 3.8) is 0 Å². The predicted octanol–water partition coefficient (Wildman–Crippen LogP) is 14.6. The Balaban J connectivity index is 0.000000395. The summed E-state index contributed by atoms with van der Waals surface area (Å²) in [6.07, 6.45) is -13.4. The number of nitrogens with zero attached hydrogens (tertiary/aromatic N) is 4. The standard InChI is InChI=1S/C29H49NO9SSi.C22H35NO8S.C21H33NO9S.C17H31NO4SSi.C12H19BrO5.2CH4/c1-16-17(2)26(36-21(14-33-19(4)31)23(16)35-20(5)32)38-24-18(3)27(40-13-12-30)37-22-15-34-41(28(6,7)8,29(9,10)11)39-25(22)24;1-7-16-18(26)20(13(4)22(30-16)32-9-8-23)31-21-12(3)11(2)19(28-15(6)25)17(29-21)10-27-14(5)24;1-10-11(2)20(29-16(9-27-13(4)24)18(10)28-14(5)25)31-19-12(3)21(32-7-6-22)30-15(8-23)17(19)26;1-11-13(19)14-12(21-15(11)23-9-8-18)10-20-24(22-14,16(2,3)4)17(5,6)7;1-6-7(2)12(13)18-10(5-16-8(3)14)11(6)17-9(4)15;;/h16-18,21-27H,13-15H2,1-11H3;11-13,16-22,26H,7,9-10H2,1-6H3;10-12,15-21,23,26H,7-9H2,1-5H3;11-15,19H,9-10H2,1-7H3;6-7,10-12H,5H2,1-4H3;2*1H4/t16?,17?,18?,21?,22?,23-,24-,25-,26+,27+;11?,12?,13?,16?,17?,18-,19-,20-,21+,22+;10?,11?,12?,15?,16?,17-,18-,19-,20+,21+;11?,12?,13-,14-,15+;6-,7?,10?,11-,12+;;/m11111../s1. The Labute approximate surface area is 911 Å². The first-order valence-electron chi connectivity index (χ1n) is 50.7. The molecule has 39 nitrogen and oxygen atoms in total. The number of alkyl halides is 1. The molecule has 10 rings (SSSR count). The molecule has 0 spiro atoms. The van der Waals surface area contributed by atoms with Crippen molar-refractivity contribution < 1.29 is 166 Å². The van der Waals surface area contributed by atoms with Crippen molar-refractivity contribution in [2.24, 2.45) is 71.0 Å². The van der Waals surface area contributed by atoms with Gasteiger partial charge in [0, 0.05) is 141 Å². The molecular formula is C103H175BrN4O35S4Si2. The number of ether oxygens (including phenoxy) is 19. The average molecular weight is 2290 g/mol. The maximum absolute atomic E-state index is 11.9. The van der Waals surface area contributed by atoms with Gasteiger partial charge in [-0.05, 0) is 12.3 Å². The van der Waals surface area contributed by atoms with E-state index < -0.39 is 188 Å². The van der Waals surface area contributed by atoms with Gasteiger partial charge >= 0.3 is 64.9 Å². The topological polar surface area (TPSA) is 525 Å². The molecule has 46 heteroatoms. The van der Waals surface area contributed by atoms with Crippen LogP contribution in [0.5, 0.6) is 0 Å². The van der Waals surface area contributed by atoms with E-state index in [2.05, 4.69) is 124 Å². The van der Waals surface area contributed by atoms with E-state index in [-0.39, 0.29) is 201 Å². The summed E-state index contributed by atoms with van der Waals surface area (Å²) >= 11 is 8.96. The number of nitriles is 4. The first kappa shape index (κ1) is 137. The summed E-state index contributed by atoms with van der Waals surface area (Å²) < 4.78 is 137. The minimum Gasteiger partial charge on any atom is -0.463 e. The number of esters is 8. The van der Waals surface area contributed by atoms with Crippen molar-refractivity contribution in [3.05, 3.63) is 0 Å². The normalized spacial score (nSPS) is 37.6. The van der Waals surface area contributed by atoms with E-state index in [1.165, 1.54) is 102 Å². The molecule has 0 aromatic carbocycles. The number of thioether (sulfide) groups is 4. The summed E-state index contributed by atoms with van der Waals surface area (Å²) in [5, 5.41) is 77.3. The summed E-state index contributed by atoms with van der Waals surface area (Å²) in [6, 6.07) is 8.48. The van der Waals surface area contributed by atoms with Crippen molar-refractivity contribution in [2.45, 2.75) is 438 Å². The lowest BCUT2D eigenvalue weighted by Gasteiger charge is -2.58. The van der Waals surface area contributed by atoms with E-state index in [1.54, 1.807) is 0 Å². The number of hydrogen-bond donors (Lipinski definition) is 4. The van der Waals surface area contributed by atoms with Crippen LogP contribution in [0, 0.1) is 116 Å².